The third-order valence-corrected chi connectivity index (χ3v) is 2.16. The summed E-state index contributed by atoms with van der Waals surface area (Å²) in [6.07, 6.45) is 1.54. The van der Waals surface area contributed by atoms with Crippen molar-refractivity contribution in [3.8, 4) is 6.07 Å². The van der Waals surface area contributed by atoms with Crippen molar-refractivity contribution in [3.63, 3.8) is 0 Å². The lowest BCUT2D eigenvalue weighted by atomic mass is 10.1. The molecule has 4 nitrogen and oxygen atoms in total. The van der Waals surface area contributed by atoms with E-state index in [4.69, 9.17) is 5.26 Å². The van der Waals surface area contributed by atoms with Crippen LogP contribution in [0.5, 0.6) is 0 Å². The Labute approximate surface area is 96.2 Å². The minimum Gasteiger partial charge on any atom is -0.389 e. The van der Waals surface area contributed by atoms with Gasteiger partial charge in [0.2, 0.25) is 0 Å². The number of aliphatic hydroxyl groups is 1. The molecule has 86 valence electrons. The number of anilines is 1. The molecule has 0 atom stereocenters. The molecule has 4 heteroatoms. The van der Waals surface area contributed by atoms with Crippen LogP contribution in [-0.2, 0) is 0 Å². The first-order valence-corrected chi connectivity index (χ1v) is 5.30. The molecule has 0 aliphatic carbocycles. The molecule has 0 saturated heterocycles. The van der Waals surface area contributed by atoms with Gasteiger partial charge in [-0.1, -0.05) is 0 Å². The van der Waals surface area contributed by atoms with Crippen molar-refractivity contribution in [1.29, 1.82) is 5.26 Å². The van der Waals surface area contributed by atoms with E-state index in [0.717, 1.165) is 12.4 Å². The summed E-state index contributed by atoms with van der Waals surface area (Å²) in [7, 11) is 0. The summed E-state index contributed by atoms with van der Waals surface area (Å²) in [5.74, 6) is 0.781. The Balaban J connectivity index is 2.84. The van der Waals surface area contributed by atoms with Gasteiger partial charge in [0.1, 0.15) is 11.9 Å². The number of hydrogen-bond acceptors (Lipinski definition) is 4. The van der Waals surface area contributed by atoms with Gasteiger partial charge in [-0.25, -0.2) is 4.98 Å². The van der Waals surface area contributed by atoms with E-state index in [1.165, 1.54) is 0 Å². The molecule has 1 rings (SSSR count). The molecule has 0 bridgehead atoms. The third kappa shape index (κ3) is 3.52. The minimum atomic E-state index is -0.758. The monoisotopic (exact) mass is 219 g/mol. The second kappa shape index (κ2) is 4.95. The molecule has 0 spiro atoms. The van der Waals surface area contributed by atoms with Crippen LogP contribution in [0.1, 0.15) is 26.3 Å². The van der Waals surface area contributed by atoms with Gasteiger partial charge in [0.25, 0.3) is 0 Å². The first kappa shape index (κ1) is 12.5. The van der Waals surface area contributed by atoms with Gasteiger partial charge >= 0.3 is 0 Å². The van der Waals surface area contributed by atoms with Crippen LogP contribution in [0, 0.1) is 11.3 Å². The fourth-order valence-electron chi connectivity index (χ4n) is 1.46. The lowest BCUT2D eigenvalue weighted by Crippen LogP contribution is -2.39. The Bertz CT molecular complexity index is 373. The van der Waals surface area contributed by atoms with Crippen molar-refractivity contribution in [1.82, 2.24) is 4.98 Å². The number of likely N-dealkylation sites (N-methyl/N-ethyl adjacent to an activating group) is 1. The highest BCUT2D eigenvalue weighted by atomic mass is 16.3. The summed E-state index contributed by atoms with van der Waals surface area (Å²) >= 11 is 0. The van der Waals surface area contributed by atoms with Crippen molar-refractivity contribution in [2.24, 2.45) is 0 Å². The van der Waals surface area contributed by atoms with Gasteiger partial charge in [-0.2, -0.15) is 5.26 Å². The predicted octanol–water partition coefficient (Wildman–Crippen LogP) is 1.55. The fraction of sp³-hybridized carbons (Fsp3) is 0.500. The van der Waals surface area contributed by atoms with Crippen LogP contribution in [-0.4, -0.2) is 28.8 Å². The van der Waals surface area contributed by atoms with Crippen LogP contribution in [0.2, 0.25) is 0 Å². The minimum absolute atomic E-state index is 0.516. The number of rotatable bonds is 4. The number of nitrogens with zero attached hydrogens (tertiary/aromatic N) is 3. The van der Waals surface area contributed by atoms with Crippen LogP contribution in [0.4, 0.5) is 5.82 Å². The fourth-order valence-corrected chi connectivity index (χ4v) is 1.46. The zero-order valence-corrected chi connectivity index (χ0v) is 9.94. The number of aromatic nitrogens is 1. The Morgan fingerprint density at radius 2 is 2.19 bits per heavy atom. The second-order valence-corrected chi connectivity index (χ2v) is 4.34. The lowest BCUT2D eigenvalue weighted by molar-refractivity contribution is 0.0874. The smallest absolute Gasteiger partial charge is 0.128 e. The van der Waals surface area contributed by atoms with E-state index in [1.54, 1.807) is 32.2 Å². The van der Waals surface area contributed by atoms with Gasteiger partial charge in [0.15, 0.2) is 0 Å². The molecule has 1 heterocycles. The van der Waals surface area contributed by atoms with Gasteiger partial charge in [0.05, 0.1) is 11.2 Å². The van der Waals surface area contributed by atoms with E-state index < -0.39 is 5.60 Å². The Hall–Kier alpha value is -1.60. The second-order valence-electron chi connectivity index (χ2n) is 4.34. The maximum atomic E-state index is 9.76. The van der Waals surface area contributed by atoms with Crippen LogP contribution in [0.25, 0.3) is 0 Å². The summed E-state index contributed by atoms with van der Waals surface area (Å²) in [6.45, 7) is 6.82. The zero-order valence-electron chi connectivity index (χ0n) is 9.94. The lowest BCUT2D eigenvalue weighted by Gasteiger charge is -2.28. The van der Waals surface area contributed by atoms with Crippen molar-refractivity contribution >= 4 is 5.82 Å². The molecule has 1 N–H and O–H groups in total. The van der Waals surface area contributed by atoms with Crippen LogP contribution in [0.15, 0.2) is 18.3 Å². The van der Waals surface area contributed by atoms with E-state index in [-0.39, 0.29) is 0 Å². The molecular weight excluding hydrogens is 202 g/mol. The summed E-state index contributed by atoms with van der Waals surface area (Å²) in [4.78, 5) is 6.17. The summed E-state index contributed by atoms with van der Waals surface area (Å²) in [6, 6.07) is 5.56. The largest absolute Gasteiger partial charge is 0.389 e. The quantitative estimate of drug-likeness (QED) is 0.834. The maximum absolute atomic E-state index is 9.76. The van der Waals surface area contributed by atoms with Crippen molar-refractivity contribution in [2.75, 3.05) is 18.0 Å². The molecule has 0 radical (unpaired) electrons. The first-order chi connectivity index (χ1) is 7.46. The van der Waals surface area contributed by atoms with Crippen LogP contribution < -0.4 is 4.90 Å². The standard InChI is InChI=1S/C12H17N3O/c1-4-15(9-12(2,3)16)11-6-5-10(7-13)8-14-11/h5-6,8,16H,4,9H2,1-3H3. The summed E-state index contributed by atoms with van der Waals surface area (Å²) < 4.78 is 0. The predicted molar refractivity (Wildman–Crippen MR) is 63.1 cm³/mol. The van der Waals surface area contributed by atoms with E-state index >= 15 is 0 Å². The highest BCUT2D eigenvalue weighted by Gasteiger charge is 2.18. The Morgan fingerprint density at radius 3 is 2.56 bits per heavy atom. The number of nitriles is 1. The summed E-state index contributed by atoms with van der Waals surface area (Å²) in [5.41, 5.74) is -0.214. The highest BCUT2D eigenvalue weighted by Crippen LogP contribution is 2.14. The first-order valence-electron chi connectivity index (χ1n) is 5.30. The normalized spacial score (nSPS) is 10.9. The number of pyridine rings is 1. The summed E-state index contributed by atoms with van der Waals surface area (Å²) in [5, 5.41) is 18.4. The van der Waals surface area contributed by atoms with E-state index in [1.807, 2.05) is 17.9 Å². The van der Waals surface area contributed by atoms with Gasteiger partial charge in [0, 0.05) is 19.3 Å². The maximum Gasteiger partial charge on any atom is 0.128 e. The molecule has 1 aromatic rings. The molecule has 0 aromatic carbocycles. The van der Waals surface area contributed by atoms with Crippen LogP contribution in [0.3, 0.4) is 0 Å². The topological polar surface area (TPSA) is 60.1 Å². The van der Waals surface area contributed by atoms with E-state index in [9.17, 15) is 5.11 Å². The van der Waals surface area contributed by atoms with Gasteiger partial charge in [-0.15, -0.1) is 0 Å². The molecule has 16 heavy (non-hydrogen) atoms. The van der Waals surface area contributed by atoms with E-state index in [2.05, 4.69) is 4.98 Å². The molecule has 0 aliphatic rings. The SMILES string of the molecule is CCN(CC(C)(C)O)c1ccc(C#N)cn1. The average Bonchev–Trinajstić information content (AvgIpc) is 2.25. The molecule has 0 fully saturated rings. The molecular formula is C12H17N3O. The molecule has 1 aromatic heterocycles. The van der Waals surface area contributed by atoms with Gasteiger partial charge in [-0.05, 0) is 32.9 Å². The van der Waals surface area contributed by atoms with E-state index in [0.29, 0.717) is 12.1 Å². The molecule has 0 saturated carbocycles. The average molecular weight is 219 g/mol. The Kier molecular flexibility index (Phi) is 3.86. The van der Waals surface area contributed by atoms with Gasteiger partial charge in [-0.3, -0.25) is 0 Å². The highest BCUT2D eigenvalue weighted by molar-refractivity contribution is 5.42. The molecule has 0 amide bonds. The molecule has 0 aliphatic heterocycles. The van der Waals surface area contributed by atoms with Gasteiger partial charge < -0.3 is 10.0 Å². The van der Waals surface area contributed by atoms with Crippen LogP contribution >= 0.6 is 0 Å². The number of hydrogen-bond donors (Lipinski definition) is 1. The van der Waals surface area contributed by atoms with Crippen molar-refractivity contribution in [3.05, 3.63) is 23.9 Å². The third-order valence-electron chi connectivity index (χ3n) is 2.16. The van der Waals surface area contributed by atoms with Crippen molar-refractivity contribution in [2.45, 2.75) is 26.4 Å². The van der Waals surface area contributed by atoms with Crippen molar-refractivity contribution < 1.29 is 5.11 Å². The molecule has 0 unspecified atom stereocenters. The zero-order chi connectivity index (χ0) is 12.2. The Morgan fingerprint density at radius 1 is 1.50 bits per heavy atom.